The number of aryl methyl sites for hydroxylation is 1. The van der Waals surface area contributed by atoms with Crippen LogP contribution in [0.1, 0.15) is 50.4 Å². The molecule has 0 bridgehead atoms. The Kier molecular flexibility index (Phi) is 4.20. The highest BCUT2D eigenvalue weighted by Crippen LogP contribution is 2.38. The Morgan fingerprint density at radius 3 is 2.83 bits per heavy atom. The first-order chi connectivity index (χ1) is 11.3. The lowest BCUT2D eigenvalue weighted by Crippen LogP contribution is -2.44. The average molecular weight is 327 g/mol. The fourth-order valence-corrected chi connectivity index (χ4v) is 4.18. The third kappa shape index (κ3) is 3.21. The molecule has 0 spiro atoms. The van der Waals surface area contributed by atoms with E-state index in [2.05, 4.69) is 31.1 Å². The molecular formula is C19H25N3O2. The predicted molar refractivity (Wildman–Crippen MR) is 95.0 cm³/mol. The second-order valence-electron chi connectivity index (χ2n) is 7.92. The van der Waals surface area contributed by atoms with Gasteiger partial charge in [-0.2, -0.15) is 0 Å². The summed E-state index contributed by atoms with van der Waals surface area (Å²) in [6, 6.07) is 5.44. The first kappa shape index (κ1) is 16.7. The normalized spacial score (nSPS) is 23.2. The van der Waals surface area contributed by atoms with Gasteiger partial charge in [0.25, 0.3) is 11.5 Å². The molecule has 24 heavy (non-hydrogen) atoms. The highest BCUT2D eigenvalue weighted by molar-refractivity contribution is 5.97. The van der Waals surface area contributed by atoms with Crippen LogP contribution >= 0.6 is 0 Å². The lowest BCUT2D eigenvalue weighted by molar-refractivity contribution is 0.0872. The summed E-state index contributed by atoms with van der Waals surface area (Å²) >= 11 is 0. The Balaban J connectivity index is 1.89. The molecule has 0 saturated heterocycles. The lowest BCUT2D eigenvalue weighted by atomic mass is 9.70. The van der Waals surface area contributed by atoms with Crippen LogP contribution in [-0.4, -0.2) is 21.5 Å². The van der Waals surface area contributed by atoms with Gasteiger partial charge in [-0.1, -0.05) is 20.8 Å². The molecule has 2 aromatic heterocycles. The van der Waals surface area contributed by atoms with Gasteiger partial charge in [-0.15, -0.1) is 0 Å². The number of hydrogen-bond donors (Lipinski definition) is 1. The maximum absolute atomic E-state index is 12.7. The summed E-state index contributed by atoms with van der Waals surface area (Å²) in [5.41, 5.74) is 0.691. The van der Waals surface area contributed by atoms with E-state index in [0.29, 0.717) is 11.6 Å². The number of nitrogens with one attached hydrogen (secondary N) is 1. The molecule has 128 valence electrons. The molecule has 1 amide bonds. The van der Waals surface area contributed by atoms with Crippen molar-refractivity contribution >= 4 is 16.9 Å². The molecule has 1 fully saturated rings. The van der Waals surface area contributed by atoms with Crippen LogP contribution in [0.3, 0.4) is 0 Å². The van der Waals surface area contributed by atoms with E-state index in [1.165, 1.54) is 11.0 Å². The fraction of sp³-hybridized carbons (Fsp3) is 0.526. The minimum Gasteiger partial charge on any atom is -0.349 e. The molecule has 3 rings (SSSR count). The molecule has 0 radical (unpaired) electrons. The van der Waals surface area contributed by atoms with Crippen molar-refractivity contribution in [1.29, 1.82) is 0 Å². The highest BCUT2D eigenvalue weighted by Gasteiger charge is 2.33. The average Bonchev–Trinajstić information content (AvgIpc) is 2.48. The molecule has 0 unspecified atom stereocenters. The van der Waals surface area contributed by atoms with Gasteiger partial charge < -0.3 is 5.32 Å². The Morgan fingerprint density at radius 1 is 1.38 bits per heavy atom. The molecule has 0 aliphatic heterocycles. The van der Waals surface area contributed by atoms with Gasteiger partial charge in [-0.25, -0.2) is 4.98 Å². The number of amides is 1. The smallest absolute Gasteiger partial charge is 0.264 e. The SMILES string of the molecule is C[C@@H]1C[C@@H](NC(=O)c2cc3cccnc3n(C)c2=O)CC(C)(C)C1. The fourth-order valence-electron chi connectivity index (χ4n) is 4.18. The molecule has 1 saturated carbocycles. The number of fused-ring (bicyclic) bond motifs is 1. The maximum atomic E-state index is 12.7. The van der Waals surface area contributed by atoms with Crippen molar-refractivity contribution < 1.29 is 4.79 Å². The van der Waals surface area contributed by atoms with E-state index in [9.17, 15) is 9.59 Å². The molecule has 5 heteroatoms. The predicted octanol–water partition coefficient (Wildman–Crippen LogP) is 2.88. The van der Waals surface area contributed by atoms with Gasteiger partial charge in [-0.3, -0.25) is 14.2 Å². The zero-order chi connectivity index (χ0) is 17.5. The van der Waals surface area contributed by atoms with Crippen LogP contribution in [-0.2, 0) is 7.05 Å². The van der Waals surface area contributed by atoms with E-state index < -0.39 is 0 Å². The summed E-state index contributed by atoms with van der Waals surface area (Å²) in [6.45, 7) is 6.70. The van der Waals surface area contributed by atoms with Gasteiger partial charge in [0, 0.05) is 24.7 Å². The minimum atomic E-state index is -0.304. The van der Waals surface area contributed by atoms with E-state index in [-0.39, 0.29) is 28.5 Å². The molecule has 0 aromatic carbocycles. The van der Waals surface area contributed by atoms with Crippen molar-refractivity contribution in [2.75, 3.05) is 0 Å². The number of pyridine rings is 2. The van der Waals surface area contributed by atoms with Crippen LogP contribution in [0.5, 0.6) is 0 Å². The number of carbonyl (C=O) groups excluding carboxylic acids is 1. The quantitative estimate of drug-likeness (QED) is 0.922. The van der Waals surface area contributed by atoms with Crippen molar-refractivity contribution in [3.05, 3.63) is 40.3 Å². The van der Waals surface area contributed by atoms with Gasteiger partial charge in [0.05, 0.1) is 0 Å². The second-order valence-corrected chi connectivity index (χ2v) is 7.92. The van der Waals surface area contributed by atoms with Crippen molar-refractivity contribution in [1.82, 2.24) is 14.9 Å². The minimum absolute atomic E-state index is 0.116. The number of rotatable bonds is 2. The summed E-state index contributed by atoms with van der Waals surface area (Å²) in [7, 11) is 1.65. The number of carbonyl (C=O) groups is 1. The van der Waals surface area contributed by atoms with Crippen LogP contribution in [0.15, 0.2) is 29.2 Å². The molecule has 1 aliphatic carbocycles. The summed E-state index contributed by atoms with van der Waals surface area (Å²) in [5.74, 6) is 0.291. The van der Waals surface area contributed by atoms with Crippen LogP contribution in [0.2, 0.25) is 0 Å². The zero-order valence-corrected chi connectivity index (χ0v) is 14.8. The van der Waals surface area contributed by atoms with Crippen molar-refractivity contribution in [3.8, 4) is 0 Å². The number of aromatic nitrogens is 2. The zero-order valence-electron chi connectivity index (χ0n) is 14.8. The Morgan fingerprint density at radius 2 is 2.12 bits per heavy atom. The van der Waals surface area contributed by atoms with Crippen LogP contribution in [0.4, 0.5) is 0 Å². The van der Waals surface area contributed by atoms with E-state index in [0.717, 1.165) is 18.2 Å². The number of nitrogens with zero attached hydrogens (tertiary/aromatic N) is 2. The molecular weight excluding hydrogens is 302 g/mol. The van der Waals surface area contributed by atoms with Crippen molar-refractivity contribution in [3.63, 3.8) is 0 Å². The first-order valence-corrected chi connectivity index (χ1v) is 8.52. The van der Waals surface area contributed by atoms with Gasteiger partial charge in [0.2, 0.25) is 0 Å². The summed E-state index contributed by atoms with van der Waals surface area (Å²) < 4.78 is 1.44. The van der Waals surface area contributed by atoms with Gasteiger partial charge >= 0.3 is 0 Å². The van der Waals surface area contributed by atoms with E-state index in [1.807, 2.05) is 6.07 Å². The van der Waals surface area contributed by atoms with Gasteiger partial charge in [0.15, 0.2) is 0 Å². The third-order valence-electron chi connectivity index (χ3n) is 4.94. The summed E-state index contributed by atoms with van der Waals surface area (Å²) in [6.07, 6.45) is 4.72. The Labute approximate surface area is 142 Å². The maximum Gasteiger partial charge on any atom is 0.264 e. The van der Waals surface area contributed by atoms with Crippen LogP contribution in [0.25, 0.3) is 11.0 Å². The molecule has 2 atom stereocenters. The van der Waals surface area contributed by atoms with Crippen LogP contribution in [0, 0.1) is 11.3 Å². The standard InChI is InChI=1S/C19H25N3O2/c1-12-8-14(11-19(2,3)10-12)21-17(23)15-9-13-6-5-7-20-16(13)22(4)18(15)24/h5-7,9,12,14H,8,10-11H2,1-4H3,(H,21,23)/t12-,14-/m1/s1. The van der Waals surface area contributed by atoms with E-state index in [1.54, 1.807) is 25.4 Å². The topological polar surface area (TPSA) is 64.0 Å². The van der Waals surface area contributed by atoms with E-state index >= 15 is 0 Å². The molecule has 2 heterocycles. The lowest BCUT2D eigenvalue weighted by Gasteiger charge is -2.39. The molecule has 2 aromatic rings. The summed E-state index contributed by atoms with van der Waals surface area (Å²) in [4.78, 5) is 29.4. The Hall–Kier alpha value is -2.17. The summed E-state index contributed by atoms with van der Waals surface area (Å²) in [5, 5.41) is 3.87. The molecule has 1 aliphatic rings. The van der Waals surface area contributed by atoms with Crippen LogP contribution < -0.4 is 10.9 Å². The molecule has 5 nitrogen and oxygen atoms in total. The first-order valence-electron chi connectivity index (χ1n) is 8.52. The highest BCUT2D eigenvalue weighted by atomic mass is 16.2. The van der Waals surface area contributed by atoms with E-state index in [4.69, 9.17) is 0 Å². The van der Waals surface area contributed by atoms with Crippen molar-refractivity contribution in [2.45, 2.75) is 46.1 Å². The number of hydrogen-bond acceptors (Lipinski definition) is 3. The third-order valence-corrected chi connectivity index (χ3v) is 4.94. The Bertz CT molecular complexity index is 838. The van der Waals surface area contributed by atoms with Gasteiger partial charge in [0.1, 0.15) is 11.2 Å². The van der Waals surface area contributed by atoms with Gasteiger partial charge in [-0.05, 0) is 48.8 Å². The second kappa shape index (κ2) is 6.04. The molecule has 1 N–H and O–H groups in total. The van der Waals surface area contributed by atoms with Crippen molar-refractivity contribution in [2.24, 2.45) is 18.4 Å². The largest absolute Gasteiger partial charge is 0.349 e. The monoisotopic (exact) mass is 327 g/mol.